The molecule has 0 aromatic carbocycles. The van der Waals surface area contributed by atoms with Crippen molar-refractivity contribution in [2.24, 2.45) is 0 Å². The molecule has 0 heterocycles. The molecule has 0 aliphatic heterocycles. The van der Waals surface area contributed by atoms with Crippen LogP contribution in [-0.2, 0) is 0 Å². The fourth-order valence-corrected chi connectivity index (χ4v) is 10.8. The minimum Gasteiger partial charge on any atom is -0.0654 e. The van der Waals surface area contributed by atoms with E-state index in [1.54, 1.807) is 0 Å². The Morgan fingerprint density at radius 3 is 0.407 bits per heavy atom. The number of hydrogen-bond donors (Lipinski definition) is 0. The van der Waals surface area contributed by atoms with E-state index in [9.17, 15) is 0 Å². The van der Waals surface area contributed by atoms with Gasteiger partial charge in [0.25, 0.3) is 0 Å². The lowest BCUT2D eigenvalue weighted by atomic mass is 10.0. The lowest BCUT2D eigenvalue weighted by Gasteiger charge is -2.02. The van der Waals surface area contributed by atoms with Crippen molar-refractivity contribution in [3.8, 4) is 0 Å². The quantitative estimate of drug-likeness (QED) is 0.0421. The number of halogens is 3. The first kappa shape index (κ1) is 61.0. The van der Waals surface area contributed by atoms with E-state index in [1.165, 1.54) is 288 Å². The van der Waals surface area contributed by atoms with Crippen molar-refractivity contribution in [2.45, 2.75) is 290 Å². The third-order valence-corrected chi connectivity index (χ3v) is 16.1. The van der Waals surface area contributed by atoms with E-state index in [2.05, 4.69) is 67.2 Å². The molecule has 3 unspecified atom stereocenters. The number of hydrogen-bond acceptors (Lipinski definition) is 0. The molecule has 0 fully saturated rings. The van der Waals surface area contributed by atoms with Gasteiger partial charge in [0.05, 0.1) is 0 Å². The summed E-state index contributed by atoms with van der Waals surface area (Å²) in [6.07, 6.45) is 65.6. The van der Waals surface area contributed by atoms with Gasteiger partial charge in [0.1, 0.15) is 0 Å². The minimum absolute atomic E-state index is 0.982. The van der Waals surface area contributed by atoms with Crippen LogP contribution < -0.4 is 0 Å². The third-order valence-electron chi connectivity index (χ3n) is 10.9. The van der Waals surface area contributed by atoms with Crippen LogP contribution in [0, 0.1) is 0 Å². The summed E-state index contributed by atoms with van der Waals surface area (Å²) in [6.45, 7) is 6.88. The standard InChI is InChI=1S/3C16H34BrP/c3*1-2-3-4-5-6-7-8-9-10-11-12-13-14-15-16-18-17/h3*18H,2-16H2,1H3. The van der Waals surface area contributed by atoms with Crippen molar-refractivity contribution in [3.63, 3.8) is 0 Å². The summed E-state index contributed by atoms with van der Waals surface area (Å²) in [6, 6.07) is 0. The maximum Gasteiger partial charge on any atom is -0.0255 e. The van der Waals surface area contributed by atoms with Gasteiger partial charge in [-0.25, -0.2) is 0 Å². The van der Waals surface area contributed by atoms with E-state index in [0.717, 1.165) is 21.8 Å². The highest BCUT2D eigenvalue weighted by atomic mass is 79.9. The molecule has 0 aliphatic carbocycles. The highest BCUT2D eigenvalue weighted by Gasteiger charge is 1.96. The Morgan fingerprint density at radius 1 is 0.185 bits per heavy atom. The van der Waals surface area contributed by atoms with Gasteiger partial charge >= 0.3 is 0 Å². The molecular weight excluding hydrogens is 909 g/mol. The second-order valence-corrected chi connectivity index (χ2v) is 23.8. The molecule has 0 aromatic rings. The van der Waals surface area contributed by atoms with Crippen molar-refractivity contribution in [3.05, 3.63) is 0 Å². The zero-order valence-corrected chi connectivity index (χ0v) is 45.2. The molecule has 6 heteroatoms. The summed E-state index contributed by atoms with van der Waals surface area (Å²) >= 11 is 10.5. The minimum atomic E-state index is 0.982. The van der Waals surface area contributed by atoms with E-state index in [-0.39, 0.29) is 0 Å². The molecule has 0 rings (SSSR count). The Labute approximate surface area is 374 Å². The maximum atomic E-state index is 3.51. The molecule has 0 amide bonds. The van der Waals surface area contributed by atoms with Crippen molar-refractivity contribution in [2.75, 3.05) is 18.5 Å². The van der Waals surface area contributed by atoms with Gasteiger partial charge in [-0.1, -0.05) is 340 Å². The van der Waals surface area contributed by atoms with Gasteiger partial charge in [0.2, 0.25) is 0 Å². The maximum absolute atomic E-state index is 3.51. The van der Waals surface area contributed by atoms with E-state index in [1.807, 2.05) is 0 Å². The van der Waals surface area contributed by atoms with Crippen LogP contribution in [0.5, 0.6) is 0 Å². The Kier molecular flexibility index (Phi) is 73.3. The second-order valence-electron chi connectivity index (χ2n) is 16.4. The summed E-state index contributed by atoms with van der Waals surface area (Å²) in [4.78, 5) is 0. The third kappa shape index (κ3) is 69.4. The fourth-order valence-electron chi connectivity index (χ4n) is 7.16. The topological polar surface area (TPSA) is 0 Å². The van der Waals surface area contributed by atoms with Crippen LogP contribution in [0.2, 0.25) is 0 Å². The van der Waals surface area contributed by atoms with Gasteiger partial charge in [0.15, 0.2) is 0 Å². The molecule has 0 nitrogen and oxygen atoms in total. The van der Waals surface area contributed by atoms with Crippen molar-refractivity contribution in [1.82, 2.24) is 0 Å². The average molecular weight is 1010 g/mol. The van der Waals surface area contributed by atoms with Gasteiger partial charge in [0, 0.05) is 0 Å². The predicted octanol–water partition coefficient (Wildman–Crippen LogP) is 22.4. The molecule has 0 N–H and O–H groups in total. The molecule has 0 spiro atoms. The Morgan fingerprint density at radius 2 is 0.296 bits per heavy atom. The van der Waals surface area contributed by atoms with Crippen LogP contribution >= 0.6 is 68.3 Å². The molecule has 0 saturated heterocycles. The first-order chi connectivity index (χ1) is 26.7. The van der Waals surface area contributed by atoms with Crippen LogP contribution in [0.15, 0.2) is 0 Å². The highest BCUT2D eigenvalue weighted by Crippen LogP contribution is 2.23. The van der Waals surface area contributed by atoms with Gasteiger partial charge in [-0.3, -0.25) is 0 Å². The first-order valence-corrected chi connectivity index (χ1v) is 35.1. The van der Waals surface area contributed by atoms with Crippen LogP contribution in [0.25, 0.3) is 0 Å². The lowest BCUT2D eigenvalue weighted by molar-refractivity contribution is 0.538. The van der Waals surface area contributed by atoms with Gasteiger partial charge in [-0.2, -0.15) is 0 Å². The summed E-state index contributed by atoms with van der Waals surface area (Å²) in [5.41, 5.74) is 0. The second kappa shape index (κ2) is 64.9. The Bertz CT molecular complexity index is 445. The average Bonchev–Trinajstić information content (AvgIpc) is 3.19. The zero-order chi connectivity index (χ0) is 39.9. The molecule has 0 bridgehead atoms. The number of rotatable bonds is 45. The summed E-state index contributed by atoms with van der Waals surface area (Å²) in [5, 5.41) is 0. The number of unbranched alkanes of at least 4 members (excludes halogenated alkanes) is 39. The highest BCUT2D eigenvalue weighted by molar-refractivity contribution is 9.37. The predicted molar refractivity (Wildman–Crippen MR) is 277 cm³/mol. The van der Waals surface area contributed by atoms with Crippen LogP contribution in [-0.4, -0.2) is 18.5 Å². The lowest BCUT2D eigenvalue weighted by Crippen LogP contribution is -1.83. The first-order valence-electron chi connectivity index (χ1n) is 24.7. The van der Waals surface area contributed by atoms with E-state index in [4.69, 9.17) is 0 Å². The van der Waals surface area contributed by atoms with Gasteiger partial charge in [-0.05, 0) is 37.7 Å². The smallest absolute Gasteiger partial charge is 0.0255 e. The van der Waals surface area contributed by atoms with Crippen LogP contribution in [0.1, 0.15) is 290 Å². The van der Waals surface area contributed by atoms with E-state index < -0.39 is 0 Å². The van der Waals surface area contributed by atoms with Crippen LogP contribution in [0.3, 0.4) is 0 Å². The zero-order valence-electron chi connectivity index (χ0n) is 37.5. The summed E-state index contributed by atoms with van der Waals surface area (Å²) in [7, 11) is 2.94. The van der Waals surface area contributed by atoms with Crippen molar-refractivity contribution in [1.29, 1.82) is 0 Å². The SMILES string of the molecule is CCCCCCCCCCCCCCCCPBr.CCCCCCCCCCCCCCCCPBr.CCCCCCCCCCCCCCCCPBr. The fraction of sp³-hybridized carbons (Fsp3) is 1.00. The summed E-state index contributed by atoms with van der Waals surface area (Å²) in [5.74, 6) is 0. The monoisotopic (exact) mass is 1010 g/mol. The Balaban J connectivity index is -0.000000722. The molecule has 0 aliphatic rings. The largest absolute Gasteiger partial charge is 0.0654 e. The van der Waals surface area contributed by atoms with Crippen molar-refractivity contribution < 1.29 is 0 Å². The summed E-state index contributed by atoms with van der Waals surface area (Å²) < 4.78 is 0. The molecule has 0 radical (unpaired) electrons. The molecule has 54 heavy (non-hydrogen) atoms. The Hall–Kier alpha value is 2.73. The molecule has 0 aromatic heterocycles. The van der Waals surface area contributed by atoms with E-state index in [0.29, 0.717) is 0 Å². The molecule has 330 valence electrons. The van der Waals surface area contributed by atoms with E-state index >= 15 is 0 Å². The van der Waals surface area contributed by atoms with Crippen molar-refractivity contribution >= 4 is 68.3 Å². The molecular formula is C48H102Br3P3. The molecule has 0 saturated carbocycles. The van der Waals surface area contributed by atoms with Gasteiger partial charge < -0.3 is 0 Å². The van der Waals surface area contributed by atoms with Crippen LogP contribution in [0.4, 0.5) is 0 Å². The molecule has 3 atom stereocenters. The van der Waals surface area contributed by atoms with Gasteiger partial charge in [-0.15, -0.1) is 0 Å². The normalized spacial score (nSPS) is 11.7.